The SMILES string of the molecule is Cc1ccsc1CN(Cc1cc2c(cc1Cl)OCO2)CC(C)O. The molecule has 1 aliphatic heterocycles. The topological polar surface area (TPSA) is 41.9 Å². The fourth-order valence-corrected chi connectivity index (χ4v) is 3.81. The molecular formula is C17H20ClNO3S. The van der Waals surface area contributed by atoms with Crippen molar-refractivity contribution in [2.45, 2.75) is 33.0 Å². The van der Waals surface area contributed by atoms with Gasteiger partial charge in [0.15, 0.2) is 11.5 Å². The van der Waals surface area contributed by atoms with Gasteiger partial charge in [-0.2, -0.15) is 0 Å². The minimum absolute atomic E-state index is 0.237. The Balaban J connectivity index is 1.79. The smallest absolute Gasteiger partial charge is 0.231 e. The van der Waals surface area contributed by atoms with E-state index in [0.717, 1.165) is 17.9 Å². The fourth-order valence-electron chi connectivity index (χ4n) is 2.65. The number of hydrogen-bond donors (Lipinski definition) is 1. The Hall–Kier alpha value is -1.27. The minimum atomic E-state index is -0.400. The standard InChI is InChI=1S/C17H20ClNO3S/c1-11-3-4-23-17(11)9-19(7-12(2)20)8-13-5-15-16(6-14(13)18)22-10-21-15/h3-6,12,20H,7-10H2,1-2H3. The van der Waals surface area contributed by atoms with E-state index in [1.807, 2.05) is 6.07 Å². The number of thiophene rings is 1. The molecule has 0 saturated heterocycles. The second-order valence-electron chi connectivity index (χ2n) is 5.84. The van der Waals surface area contributed by atoms with Gasteiger partial charge in [-0.25, -0.2) is 0 Å². The summed E-state index contributed by atoms with van der Waals surface area (Å²) in [6.45, 7) is 6.18. The number of rotatable bonds is 6. The third-order valence-corrected chi connectivity index (χ3v) is 5.15. The van der Waals surface area contributed by atoms with Crippen LogP contribution < -0.4 is 9.47 Å². The van der Waals surface area contributed by atoms with E-state index in [-0.39, 0.29) is 6.79 Å². The first-order valence-electron chi connectivity index (χ1n) is 7.54. The quantitative estimate of drug-likeness (QED) is 0.857. The number of benzene rings is 1. The summed E-state index contributed by atoms with van der Waals surface area (Å²) >= 11 is 8.12. The van der Waals surface area contributed by atoms with Crippen LogP contribution in [0.5, 0.6) is 11.5 Å². The molecule has 23 heavy (non-hydrogen) atoms. The van der Waals surface area contributed by atoms with Gasteiger partial charge >= 0.3 is 0 Å². The molecule has 0 bridgehead atoms. The van der Waals surface area contributed by atoms with Crippen LogP contribution in [0.2, 0.25) is 5.02 Å². The van der Waals surface area contributed by atoms with E-state index in [1.54, 1.807) is 24.3 Å². The number of nitrogens with zero attached hydrogens (tertiary/aromatic N) is 1. The first kappa shape index (κ1) is 16.6. The number of aliphatic hydroxyl groups excluding tert-OH is 1. The molecule has 1 aromatic carbocycles. The lowest BCUT2D eigenvalue weighted by atomic mass is 10.1. The average molecular weight is 354 g/mol. The number of ether oxygens (including phenoxy) is 2. The van der Waals surface area contributed by atoms with Gasteiger partial charge in [0.25, 0.3) is 0 Å². The zero-order valence-corrected chi connectivity index (χ0v) is 14.8. The maximum atomic E-state index is 9.81. The summed E-state index contributed by atoms with van der Waals surface area (Å²) in [5, 5.41) is 12.6. The predicted molar refractivity (Wildman–Crippen MR) is 92.4 cm³/mol. The van der Waals surface area contributed by atoms with Gasteiger partial charge in [-0.15, -0.1) is 11.3 Å². The highest BCUT2D eigenvalue weighted by molar-refractivity contribution is 7.10. The van der Waals surface area contributed by atoms with Crippen LogP contribution >= 0.6 is 22.9 Å². The maximum Gasteiger partial charge on any atom is 0.231 e. The largest absolute Gasteiger partial charge is 0.454 e. The molecule has 1 unspecified atom stereocenters. The summed E-state index contributed by atoms with van der Waals surface area (Å²) in [5.74, 6) is 1.42. The molecule has 0 amide bonds. The van der Waals surface area contributed by atoms with Crippen molar-refractivity contribution in [1.29, 1.82) is 0 Å². The highest BCUT2D eigenvalue weighted by Crippen LogP contribution is 2.37. The molecule has 2 aromatic rings. The van der Waals surface area contributed by atoms with Gasteiger partial charge in [-0.1, -0.05) is 11.6 Å². The van der Waals surface area contributed by atoms with E-state index in [0.29, 0.717) is 23.9 Å². The van der Waals surface area contributed by atoms with Gasteiger partial charge in [0.05, 0.1) is 6.10 Å². The van der Waals surface area contributed by atoms with Crippen molar-refractivity contribution in [3.8, 4) is 11.5 Å². The monoisotopic (exact) mass is 353 g/mol. The van der Waals surface area contributed by atoms with E-state index in [1.165, 1.54) is 10.4 Å². The Morgan fingerprint density at radius 1 is 1.30 bits per heavy atom. The summed E-state index contributed by atoms with van der Waals surface area (Å²) in [4.78, 5) is 3.51. The van der Waals surface area contributed by atoms with Crippen molar-refractivity contribution in [3.05, 3.63) is 44.6 Å². The van der Waals surface area contributed by atoms with Crippen molar-refractivity contribution in [1.82, 2.24) is 4.90 Å². The zero-order chi connectivity index (χ0) is 16.4. The summed E-state index contributed by atoms with van der Waals surface area (Å²) in [7, 11) is 0. The Kier molecular flexibility index (Phi) is 5.11. The van der Waals surface area contributed by atoms with E-state index in [9.17, 15) is 5.11 Å². The van der Waals surface area contributed by atoms with Crippen molar-refractivity contribution in [3.63, 3.8) is 0 Å². The molecule has 0 saturated carbocycles. The third-order valence-electron chi connectivity index (χ3n) is 3.79. The second kappa shape index (κ2) is 7.09. The van der Waals surface area contributed by atoms with Gasteiger partial charge in [0.2, 0.25) is 6.79 Å². The Labute approximate surface area is 145 Å². The van der Waals surface area contributed by atoms with Gasteiger partial charge in [0.1, 0.15) is 0 Å². The molecule has 3 rings (SSSR count). The Morgan fingerprint density at radius 2 is 2.04 bits per heavy atom. The molecule has 4 nitrogen and oxygen atoms in total. The Bertz CT molecular complexity index is 686. The van der Waals surface area contributed by atoms with Gasteiger partial charge in [-0.05, 0) is 42.5 Å². The first-order valence-corrected chi connectivity index (χ1v) is 8.80. The molecule has 1 aliphatic rings. The van der Waals surface area contributed by atoms with Crippen LogP contribution in [0.1, 0.15) is 22.9 Å². The van der Waals surface area contributed by atoms with Gasteiger partial charge in [-0.3, -0.25) is 4.90 Å². The summed E-state index contributed by atoms with van der Waals surface area (Å²) in [6, 6.07) is 5.85. The number of aryl methyl sites for hydroxylation is 1. The predicted octanol–water partition coefficient (Wildman–Crippen LogP) is 3.82. The molecule has 2 heterocycles. The van der Waals surface area contributed by atoms with Gasteiger partial charge < -0.3 is 14.6 Å². The number of hydrogen-bond acceptors (Lipinski definition) is 5. The third kappa shape index (κ3) is 3.98. The minimum Gasteiger partial charge on any atom is -0.454 e. The molecular weight excluding hydrogens is 334 g/mol. The lowest BCUT2D eigenvalue weighted by Gasteiger charge is -2.24. The molecule has 0 spiro atoms. The lowest BCUT2D eigenvalue weighted by molar-refractivity contribution is 0.118. The van der Waals surface area contributed by atoms with Crippen molar-refractivity contribution < 1.29 is 14.6 Å². The molecule has 0 fully saturated rings. The Morgan fingerprint density at radius 3 is 2.70 bits per heavy atom. The first-order chi connectivity index (χ1) is 11.0. The summed E-state index contributed by atoms with van der Waals surface area (Å²) < 4.78 is 10.8. The van der Waals surface area contributed by atoms with E-state index in [4.69, 9.17) is 21.1 Å². The van der Waals surface area contributed by atoms with E-state index < -0.39 is 6.10 Å². The average Bonchev–Trinajstić information content (AvgIpc) is 3.08. The van der Waals surface area contributed by atoms with Crippen molar-refractivity contribution >= 4 is 22.9 Å². The highest BCUT2D eigenvalue weighted by Gasteiger charge is 2.19. The molecule has 1 aromatic heterocycles. The van der Waals surface area contributed by atoms with Gasteiger partial charge in [0, 0.05) is 35.6 Å². The molecule has 6 heteroatoms. The lowest BCUT2D eigenvalue weighted by Crippen LogP contribution is -2.30. The van der Waals surface area contributed by atoms with E-state index >= 15 is 0 Å². The molecule has 124 valence electrons. The van der Waals surface area contributed by atoms with Crippen LogP contribution in [0.15, 0.2) is 23.6 Å². The van der Waals surface area contributed by atoms with Crippen LogP contribution in [0.3, 0.4) is 0 Å². The van der Waals surface area contributed by atoms with Crippen molar-refractivity contribution in [2.75, 3.05) is 13.3 Å². The molecule has 1 N–H and O–H groups in total. The molecule has 0 aliphatic carbocycles. The maximum absolute atomic E-state index is 9.81. The normalized spacial score (nSPS) is 14.5. The van der Waals surface area contributed by atoms with Crippen LogP contribution in [0.4, 0.5) is 0 Å². The summed E-state index contributed by atoms with van der Waals surface area (Å²) in [5.41, 5.74) is 2.26. The molecule has 1 atom stereocenters. The zero-order valence-electron chi connectivity index (χ0n) is 13.2. The highest BCUT2D eigenvalue weighted by atomic mass is 35.5. The van der Waals surface area contributed by atoms with Crippen LogP contribution in [-0.2, 0) is 13.1 Å². The van der Waals surface area contributed by atoms with Crippen molar-refractivity contribution in [2.24, 2.45) is 0 Å². The molecule has 0 radical (unpaired) electrons. The fraction of sp³-hybridized carbons (Fsp3) is 0.412. The van der Waals surface area contributed by atoms with Crippen LogP contribution in [-0.4, -0.2) is 29.4 Å². The number of fused-ring (bicyclic) bond motifs is 1. The second-order valence-corrected chi connectivity index (χ2v) is 7.25. The van der Waals surface area contributed by atoms with E-state index in [2.05, 4.69) is 23.3 Å². The van der Waals surface area contributed by atoms with Crippen LogP contribution in [0, 0.1) is 6.92 Å². The summed E-state index contributed by atoms with van der Waals surface area (Å²) in [6.07, 6.45) is -0.400. The number of aliphatic hydroxyl groups is 1. The van der Waals surface area contributed by atoms with Crippen LogP contribution in [0.25, 0.3) is 0 Å². The number of halogens is 1.